The molecule has 0 spiro atoms. The van der Waals surface area contributed by atoms with E-state index in [1.165, 1.54) is 11.3 Å². The molecule has 0 bridgehead atoms. The number of anilines is 1. The second-order valence-electron chi connectivity index (χ2n) is 6.12. The zero-order valence-electron chi connectivity index (χ0n) is 15.7. The first-order valence-electron chi connectivity index (χ1n) is 8.47. The third-order valence-electron chi connectivity index (χ3n) is 4.25. The molecular formula is C17H27Cl3N6OS. The Morgan fingerprint density at radius 1 is 1.25 bits per heavy atom. The van der Waals surface area contributed by atoms with Crippen molar-refractivity contribution in [1.29, 1.82) is 0 Å². The molecule has 0 radical (unpaired) electrons. The van der Waals surface area contributed by atoms with Crippen LogP contribution < -0.4 is 16.0 Å². The highest BCUT2D eigenvalue weighted by Crippen LogP contribution is 2.19. The highest BCUT2D eigenvalue weighted by atomic mass is 35.5. The monoisotopic (exact) mass is 468 g/mol. The number of carbonyl (C=O) groups excluding carboxylic acids is 1. The van der Waals surface area contributed by atoms with Gasteiger partial charge in [0.05, 0.1) is 5.01 Å². The van der Waals surface area contributed by atoms with Crippen molar-refractivity contribution in [3.05, 3.63) is 40.0 Å². The minimum Gasteiger partial charge on any atom is -0.354 e. The number of rotatable bonds is 6. The van der Waals surface area contributed by atoms with Crippen LogP contribution in [0, 0.1) is 0 Å². The molecule has 1 aliphatic heterocycles. The summed E-state index contributed by atoms with van der Waals surface area (Å²) in [6, 6.07) is 3.92. The molecule has 7 nitrogen and oxygen atoms in total. The van der Waals surface area contributed by atoms with E-state index in [-0.39, 0.29) is 43.1 Å². The summed E-state index contributed by atoms with van der Waals surface area (Å²) in [6.07, 6.45) is 2.51. The van der Waals surface area contributed by atoms with Crippen LogP contribution >= 0.6 is 48.6 Å². The molecule has 1 aliphatic rings. The molecule has 0 aromatic carbocycles. The number of aromatic nitrogens is 2. The molecule has 3 rings (SSSR count). The summed E-state index contributed by atoms with van der Waals surface area (Å²) in [5, 5.41) is 5.63. The Bertz CT molecular complexity index is 724. The number of piperazine rings is 1. The standard InChI is InChI=1S/C17H24N6OS.3ClH/c1-22-7-9-23(10-8-22)16-13(3-2-6-19-16)11-20-17(24)14-12-25-15(21-14)4-5-18;;;/h2-3,6,12H,4-5,7-11,18H2,1H3,(H,20,24);3*1H. The van der Waals surface area contributed by atoms with E-state index in [9.17, 15) is 4.79 Å². The van der Waals surface area contributed by atoms with Gasteiger partial charge in [-0.2, -0.15) is 0 Å². The van der Waals surface area contributed by atoms with Gasteiger partial charge in [0.25, 0.3) is 5.91 Å². The van der Waals surface area contributed by atoms with Gasteiger partial charge in [0.1, 0.15) is 11.5 Å². The van der Waals surface area contributed by atoms with Gasteiger partial charge < -0.3 is 20.9 Å². The zero-order valence-corrected chi connectivity index (χ0v) is 18.9. The average molecular weight is 470 g/mol. The lowest BCUT2D eigenvalue weighted by Gasteiger charge is -2.34. The number of nitrogens with zero attached hydrogens (tertiary/aromatic N) is 4. The second kappa shape index (κ2) is 13.1. The van der Waals surface area contributed by atoms with Gasteiger partial charge in [-0.05, 0) is 19.7 Å². The lowest BCUT2D eigenvalue weighted by atomic mass is 10.2. The number of nitrogens with one attached hydrogen (secondary N) is 1. The number of likely N-dealkylation sites (N-methyl/N-ethyl adjacent to an activating group) is 1. The van der Waals surface area contributed by atoms with Crippen molar-refractivity contribution in [3.8, 4) is 0 Å². The quantitative estimate of drug-likeness (QED) is 0.673. The number of pyridine rings is 1. The first-order valence-corrected chi connectivity index (χ1v) is 9.35. The summed E-state index contributed by atoms with van der Waals surface area (Å²) in [6.45, 7) is 4.92. The Morgan fingerprint density at radius 2 is 1.96 bits per heavy atom. The Hall–Kier alpha value is -1.16. The predicted octanol–water partition coefficient (Wildman–Crippen LogP) is 1.99. The molecule has 11 heteroatoms. The molecule has 158 valence electrons. The van der Waals surface area contributed by atoms with Crippen LogP contribution in [0.5, 0.6) is 0 Å². The lowest BCUT2D eigenvalue weighted by molar-refractivity contribution is 0.0946. The Kier molecular flexibility index (Phi) is 12.6. The molecule has 3 N–H and O–H groups in total. The topological polar surface area (TPSA) is 87.4 Å². The van der Waals surface area contributed by atoms with E-state index in [1.54, 1.807) is 11.6 Å². The van der Waals surface area contributed by atoms with Gasteiger partial charge in [-0.3, -0.25) is 4.79 Å². The minimum atomic E-state index is -0.160. The molecule has 2 aromatic heterocycles. The number of carbonyl (C=O) groups is 1. The average Bonchev–Trinajstić information content (AvgIpc) is 3.10. The third-order valence-corrected chi connectivity index (χ3v) is 5.16. The first-order chi connectivity index (χ1) is 12.2. The Balaban J connectivity index is 0.00000243. The van der Waals surface area contributed by atoms with Gasteiger partial charge in [0.15, 0.2) is 0 Å². The van der Waals surface area contributed by atoms with Crippen LogP contribution in [-0.4, -0.2) is 60.5 Å². The molecule has 3 heterocycles. The molecular weight excluding hydrogens is 443 g/mol. The summed E-state index contributed by atoms with van der Waals surface area (Å²) in [7, 11) is 2.13. The minimum absolute atomic E-state index is 0. The predicted molar refractivity (Wildman–Crippen MR) is 122 cm³/mol. The van der Waals surface area contributed by atoms with Gasteiger partial charge in [-0.15, -0.1) is 48.6 Å². The molecule has 0 aliphatic carbocycles. The zero-order chi connectivity index (χ0) is 17.6. The Morgan fingerprint density at radius 3 is 2.64 bits per heavy atom. The molecule has 2 aromatic rings. The van der Waals surface area contributed by atoms with Crippen LogP contribution in [0.3, 0.4) is 0 Å². The molecule has 28 heavy (non-hydrogen) atoms. The second-order valence-corrected chi connectivity index (χ2v) is 7.07. The molecule has 1 fully saturated rings. The van der Waals surface area contributed by atoms with E-state index < -0.39 is 0 Å². The maximum Gasteiger partial charge on any atom is 0.271 e. The molecule has 1 amide bonds. The Labute approximate surface area is 188 Å². The maximum atomic E-state index is 12.3. The number of amides is 1. The summed E-state index contributed by atoms with van der Waals surface area (Å²) < 4.78 is 0. The molecule has 0 saturated carbocycles. The van der Waals surface area contributed by atoms with Gasteiger partial charge >= 0.3 is 0 Å². The van der Waals surface area contributed by atoms with Crippen LogP contribution in [-0.2, 0) is 13.0 Å². The summed E-state index contributed by atoms with van der Waals surface area (Å²) in [5.41, 5.74) is 7.01. The van der Waals surface area contributed by atoms with Crippen LogP contribution in [0.2, 0.25) is 0 Å². The smallest absolute Gasteiger partial charge is 0.271 e. The van der Waals surface area contributed by atoms with Crippen LogP contribution in [0.1, 0.15) is 21.1 Å². The number of thiazole rings is 1. The van der Waals surface area contributed by atoms with E-state index in [2.05, 4.69) is 32.1 Å². The van der Waals surface area contributed by atoms with Crippen molar-refractivity contribution in [2.24, 2.45) is 5.73 Å². The van der Waals surface area contributed by atoms with Crippen molar-refractivity contribution in [3.63, 3.8) is 0 Å². The van der Waals surface area contributed by atoms with E-state index in [0.717, 1.165) is 42.6 Å². The van der Waals surface area contributed by atoms with Gasteiger partial charge in [-0.25, -0.2) is 9.97 Å². The van der Waals surface area contributed by atoms with Crippen molar-refractivity contribution in [2.75, 3.05) is 44.7 Å². The third kappa shape index (κ3) is 7.02. The van der Waals surface area contributed by atoms with E-state index in [0.29, 0.717) is 25.2 Å². The first kappa shape index (κ1) is 26.8. The molecule has 0 atom stereocenters. The summed E-state index contributed by atoms with van der Waals surface area (Å²) in [5.74, 6) is 0.797. The van der Waals surface area contributed by atoms with Crippen molar-refractivity contribution >= 4 is 60.3 Å². The molecule has 0 unspecified atom stereocenters. The van der Waals surface area contributed by atoms with Crippen molar-refractivity contribution in [1.82, 2.24) is 20.2 Å². The largest absolute Gasteiger partial charge is 0.354 e. The fourth-order valence-corrected chi connectivity index (χ4v) is 3.58. The highest BCUT2D eigenvalue weighted by molar-refractivity contribution is 7.09. The lowest BCUT2D eigenvalue weighted by Crippen LogP contribution is -2.45. The SMILES string of the molecule is CN1CCN(c2ncccc2CNC(=O)c2csc(CCN)n2)CC1.Cl.Cl.Cl. The normalized spacial score (nSPS) is 13.7. The maximum absolute atomic E-state index is 12.3. The van der Waals surface area contributed by atoms with Gasteiger partial charge in [0.2, 0.25) is 0 Å². The van der Waals surface area contributed by atoms with Crippen LogP contribution in [0.25, 0.3) is 0 Å². The number of halogens is 3. The van der Waals surface area contributed by atoms with E-state index >= 15 is 0 Å². The highest BCUT2D eigenvalue weighted by Gasteiger charge is 2.18. The molecule has 1 saturated heterocycles. The van der Waals surface area contributed by atoms with Crippen molar-refractivity contribution in [2.45, 2.75) is 13.0 Å². The number of nitrogens with two attached hydrogens (primary N) is 1. The van der Waals surface area contributed by atoms with Gasteiger partial charge in [0, 0.05) is 56.3 Å². The van der Waals surface area contributed by atoms with Crippen LogP contribution in [0.15, 0.2) is 23.7 Å². The summed E-state index contributed by atoms with van der Waals surface area (Å²) >= 11 is 1.47. The number of hydrogen-bond donors (Lipinski definition) is 2. The fourth-order valence-electron chi connectivity index (χ4n) is 2.79. The van der Waals surface area contributed by atoms with Gasteiger partial charge in [-0.1, -0.05) is 6.07 Å². The van der Waals surface area contributed by atoms with E-state index in [1.807, 2.05) is 12.1 Å². The summed E-state index contributed by atoms with van der Waals surface area (Å²) in [4.78, 5) is 25.8. The number of hydrogen-bond acceptors (Lipinski definition) is 7. The van der Waals surface area contributed by atoms with Crippen LogP contribution in [0.4, 0.5) is 5.82 Å². The van der Waals surface area contributed by atoms with Crippen molar-refractivity contribution < 1.29 is 4.79 Å². The fraction of sp³-hybridized carbons (Fsp3) is 0.471. The van der Waals surface area contributed by atoms with E-state index in [4.69, 9.17) is 5.73 Å².